The molecule has 36 heavy (non-hydrogen) atoms. The Kier molecular flexibility index (Phi) is 7.81. The lowest BCUT2D eigenvalue weighted by molar-refractivity contribution is -0.121. The monoisotopic (exact) mass is 500 g/mol. The minimum Gasteiger partial charge on any atom is -0.356 e. The number of amides is 1. The van der Waals surface area contributed by atoms with Crippen molar-refractivity contribution in [2.24, 2.45) is 0 Å². The summed E-state index contributed by atoms with van der Waals surface area (Å²) in [6, 6.07) is 20.4. The summed E-state index contributed by atoms with van der Waals surface area (Å²) in [7, 11) is 0. The molecule has 7 nitrogen and oxygen atoms in total. The van der Waals surface area contributed by atoms with Crippen LogP contribution < -0.4 is 10.2 Å². The standard InChI is InChI=1S/C28H32N6OS/c1-2-36-28-31-26(33-16-9-10-17-33)24-20-30-34(27(24)32-28)18-15-29-25(35)19-23(21-11-5-3-6-12-21)22-13-7-4-8-14-22/h3-8,11-14,20,23H,2,9-10,15-19H2,1H3,(H,29,35). The van der Waals surface area contributed by atoms with Crippen LogP contribution in [-0.4, -0.2) is 51.0 Å². The van der Waals surface area contributed by atoms with Gasteiger partial charge in [-0.3, -0.25) is 4.79 Å². The molecule has 0 atom stereocenters. The lowest BCUT2D eigenvalue weighted by Crippen LogP contribution is -2.29. The fourth-order valence-corrected chi connectivity index (χ4v) is 5.37. The van der Waals surface area contributed by atoms with Crippen LogP contribution in [-0.2, 0) is 11.3 Å². The first kappa shape index (κ1) is 24.3. The van der Waals surface area contributed by atoms with Crippen LogP contribution in [0.3, 0.4) is 0 Å². The first-order valence-electron chi connectivity index (χ1n) is 12.7. The predicted octanol–water partition coefficient (Wildman–Crippen LogP) is 4.88. The molecule has 0 unspecified atom stereocenters. The number of aromatic nitrogens is 4. The molecule has 1 saturated heterocycles. The van der Waals surface area contributed by atoms with Gasteiger partial charge in [-0.1, -0.05) is 79.3 Å². The van der Waals surface area contributed by atoms with E-state index in [4.69, 9.17) is 9.97 Å². The van der Waals surface area contributed by atoms with Crippen LogP contribution in [0, 0.1) is 0 Å². The summed E-state index contributed by atoms with van der Waals surface area (Å²) in [5, 5.41) is 9.48. The van der Waals surface area contributed by atoms with Gasteiger partial charge in [-0.05, 0) is 29.7 Å². The van der Waals surface area contributed by atoms with E-state index >= 15 is 0 Å². The van der Waals surface area contributed by atoms with Gasteiger partial charge in [0.1, 0.15) is 5.82 Å². The second-order valence-electron chi connectivity index (χ2n) is 8.99. The van der Waals surface area contributed by atoms with Crippen LogP contribution in [0.2, 0.25) is 0 Å². The molecule has 1 aliphatic rings. The zero-order valence-corrected chi connectivity index (χ0v) is 21.5. The Bertz CT molecular complexity index is 1250. The number of thioether (sulfide) groups is 1. The highest BCUT2D eigenvalue weighted by molar-refractivity contribution is 7.99. The molecule has 1 amide bonds. The maximum absolute atomic E-state index is 13.0. The van der Waals surface area contributed by atoms with Gasteiger partial charge in [-0.15, -0.1) is 0 Å². The zero-order valence-electron chi connectivity index (χ0n) is 20.6. The minimum absolute atomic E-state index is 0.0160. The van der Waals surface area contributed by atoms with E-state index in [0.29, 0.717) is 19.5 Å². The quantitative estimate of drug-likeness (QED) is 0.247. The molecule has 1 N–H and O–H groups in total. The molecular weight excluding hydrogens is 468 g/mol. The average Bonchev–Trinajstić information content (AvgIpc) is 3.59. The first-order valence-corrected chi connectivity index (χ1v) is 13.7. The van der Waals surface area contributed by atoms with Gasteiger partial charge in [0.15, 0.2) is 10.8 Å². The van der Waals surface area contributed by atoms with E-state index in [1.165, 1.54) is 12.8 Å². The molecule has 5 rings (SSSR count). The summed E-state index contributed by atoms with van der Waals surface area (Å²) < 4.78 is 1.89. The molecule has 4 aromatic rings. The molecule has 3 heterocycles. The number of fused-ring (bicyclic) bond motifs is 1. The topological polar surface area (TPSA) is 75.9 Å². The lowest BCUT2D eigenvalue weighted by atomic mass is 9.88. The molecule has 0 radical (unpaired) electrons. The van der Waals surface area contributed by atoms with Crippen molar-refractivity contribution in [3.05, 3.63) is 78.0 Å². The number of nitrogens with zero attached hydrogens (tertiary/aromatic N) is 5. The van der Waals surface area contributed by atoms with Gasteiger partial charge in [0.2, 0.25) is 5.91 Å². The van der Waals surface area contributed by atoms with Crippen molar-refractivity contribution < 1.29 is 4.79 Å². The van der Waals surface area contributed by atoms with Gasteiger partial charge >= 0.3 is 0 Å². The number of benzene rings is 2. The highest BCUT2D eigenvalue weighted by Crippen LogP contribution is 2.30. The smallest absolute Gasteiger partial charge is 0.221 e. The van der Waals surface area contributed by atoms with Crippen molar-refractivity contribution in [1.29, 1.82) is 0 Å². The van der Waals surface area contributed by atoms with E-state index in [1.54, 1.807) is 11.8 Å². The van der Waals surface area contributed by atoms with E-state index in [2.05, 4.69) is 46.5 Å². The van der Waals surface area contributed by atoms with E-state index < -0.39 is 0 Å². The minimum atomic E-state index is 0.0160. The molecule has 8 heteroatoms. The maximum Gasteiger partial charge on any atom is 0.221 e. The highest BCUT2D eigenvalue weighted by Gasteiger charge is 2.21. The van der Waals surface area contributed by atoms with Crippen molar-refractivity contribution in [2.45, 2.75) is 43.8 Å². The van der Waals surface area contributed by atoms with Gasteiger partial charge < -0.3 is 10.2 Å². The summed E-state index contributed by atoms with van der Waals surface area (Å²) in [4.78, 5) is 25.0. The molecule has 1 aliphatic heterocycles. The summed E-state index contributed by atoms with van der Waals surface area (Å²) in [5.74, 6) is 1.94. The van der Waals surface area contributed by atoms with E-state index in [9.17, 15) is 4.79 Å². The number of carbonyl (C=O) groups is 1. The summed E-state index contributed by atoms with van der Waals surface area (Å²) in [5.41, 5.74) is 3.12. The Balaban J connectivity index is 1.28. The molecular formula is C28H32N6OS. The van der Waals surface area contributed by atoms with Gasteiger partial charge in [-0.25, -0.2) is 14.6 Å². The third-order valence-corrected chi connectivity index (χ3v) is 7.30. The SMILES string of the molecule is CCSc1nc(N2CCCC2)c2cnn(CCNC(=O)CC(c3ccccc3)c3ccccc3)c2n1. The van der Waals surface area contributed by atoms with Crippen LogP contribution in [0.1, 0.15) is 43.2 Å². The van der Waals surface area contributed by atoms with Gasteiger partial charge in [-0.2, -0.15) is 5.10 Å². The summed E-state index contributed by atoms with van der Waals surface area (Å²) in [6.07, 6.45) is 4.64. The van der Waals surface area contributed by atoms with Crippen LogP contribution >= 0.6 is 11.8 Å². The molecule has 0 aliphatic carbocycles. The largest absolute Gasteiger partial charge is 0.356 e. The number of nitrogens with one attached hydrogen (secondary N) is 1. The number of hydrogen-bond acceptors (Lipinski definition) is 6. The second kappa shape index (κ2) is 11.6. The molecule has 1 fully saturated rings. The Labute approximate surface area is 216 Å². The molecule has 0 saturated carbocycles. The highest BCUT2D eigenvalue weighted by atomic mass is 32.2. The van der Waals surface area contributed by atoms with Crippen molar-refractivity contribution in [1.82, 2.24) is 25.1 Å². The summed E-state index contributed by atoms with van der Waals surface area (Å²) in [6.45, 7) is 5.20. The van der Waals surface area contributed by atoms with E-state index in [0.717, 1.165) is 52.0 Å². The van der Waals surface area contributed by atoms with Gasteiger partial charge in [0, 0.05) is 32.0 Å². The number of anilines is 1. The molecule has 0 bridgehead atoms. The average molecular weight is 501 g/mol. The van der Waals surface area contributed by atoms with E-state index in [-0.39, 0.29) is 11.8 Å². The van der Waals surface area contributed by atoms with E-state index in [1.807, 2.05) is 47.3 Å². The van der Waals surface area contributed by atoms with Crippen LogP contribution in [0.5, 0.6) is 0 Å². The Morgan fingerprint density at radius 2 is 1.67 bits per heavy atom. The lowest BCUT2D eigenvalue weighted by Gasteiger charge is -2.18. The molecule has 2 aromatic heterocycles. The van der Waals surface area contributed by atoms with Crippen LogP contribution in [0.15, 0.2) is 72.0 Å². The molecule has 2 aromatic carbocycles. The van der Waals surface area contributed by atoms with Gasteiger partial charge in [0.25, 0.3) is 0 Å². The van der Waals surface area contributed by atoms with Crippen LogP contribution in [0.25, 0.3) is 11.0 Å². The predicted molar refractivity (Wildman–Crippen MR) is 146 cm³/mol. The first-order chi connectivity index (χ1) is 17.7. The third-order valence-electron chi connectivity index (χ3n) is 6.57. The second-order valence-corrected chi connectivity index (χ2v) is 10.2. The molecule has 0 spiro atoms. The Morgan fingerprint density at radius 1 is 1.00 bits per heavy atom. The van der Waals surface area contributed by atoms with Crippen molar-refractivity contribution in [3.63, 3.8) is 0 Å². The van der Waals surface area contributed by atoms with Crippen molar-refractivity contribution in [2.75, 3.05) is 30.3 Å². The zero-order chi connectivity index (χ0) is 24.7. The summed E-state index contributed by atoms with van der Waals surface area (Å²) >= 11 is 1.65. The number of hydrogen-bond donors (Lipinski definition) is 1. The van der Waals surface area contributed by atoms with Crippen LogP contribution in [0.4, 0.5) is 5.82 Å². The van der Waals surface area contributed by atoms with Crippen molar-refractivity contribution >= 4 is 34.5 Å². The Hall–Kier alpha value is -3.39. The molecule has 186 valence electrons. The maximum atomic E-state index is 13.0. The number of rotatable bonds is 10. The third kappa shape index (κ3) is 5.54. The van der Waals surface area contributed by atoms with Gasteiger partial charge in [0.05, 0.1) is 18.1 Å². The normalized spacial score (nSPS) is 13.6. The number of carbonyl (C=O) groups excluding carboxylic acids is 1. The van der Waals surface area contributed by atoms with Crippen molar-refractivity contribution in [3.8, 4) is 0 Å². The Morgan fingerprint density at radius 3 is 2.31 bits per heavy atom. The fraction of sp³-hybridized carbons (Fsp3) is 0.357. The fourth-order valence-electron chi connectivity index (χ4n) is 4.81.